The van der Waals surface area contributed by atoms with Gasteiger partial charge in [0, 0.05) is 5.92 Å². The largest absolute Gasteiger partial charge is 0.300 e. The smallest absolute Gasteiger partial charge is 0.133 e. The fourth-order valence-corrected chi connectivity index (χ4v) is 9.35. The topological polar surface area (TPSA) is 17.1 Å². The Hall–Kier alpha value is -0.330. The molecule has 0 N–H and O–H groups in total. The maximum Gasteiger partial charge on any atom is 0.133 e. The molecule has 0 aliphatic heterocycles. The molecule has 0 radical (unpaired) electrons. The van der Waals surface area contributed by atoms with Crippen LogP contribution in [0.1, 0.15) is 85.0 Å². The zero-order chi connectivity index (χ0) is 17.3. The first-order chi connectivity index (χ1) is 12.0. The van der Waals surface area contributed by atoms with Crippen molar-refractivity contribution in [3.8, 4) is 0 Å². The molecule has 0 spiro atoms. The third kappa shape index (κ3) is 2.36. The lowest BCUT2D eigenvalue weighted by atomic mass is 9.48. The average Bonchev–Trinajstić information content (AvgIpc) is 3.28. The highest BCUT2D eigenvalue weighted by molar-refractivity contribution is 5.80. The van der Waals surface area contributed by atoms with Gasteiger partial charge in [0.1, 0.15) is 5.78 Å². The fraction of sp³-hybridized carbons (Fsp3) is 0.958. The van der Waals surface area contributed by atoms with Gasteiger partial charge < -0.3 is 0 Å². The predicted octanol–water partition coefficient (Wildman–Crippen LogP) is 6.12. The molecule has 5 fully saturated rings. The van der Waals surface area contributed by atoms with Crippen LogP contribution >= 0.6 is 0 Å². The molecule has 1 heteroatoms. The minimum Gasteiger partial charge on any atom is -0.300 e. The SMILES string of the molecule is CCCC1CCC2C(CCC3C2CCC2(C)C(C(C)=O)C4CC4C32)C1. The van der Waals surface area contributed by atoms with E-state index in [-0.39, 0.29) is 0 Å². The lowest BCUT2D eigenvalue weighted by molar-refractivity contribution is -0.131. The molecule has 0 amide bonds. The van der Waals surface area contributed by atoms with E-state index in [0.717, 1.165) is 47.3 Å². The van der Waals surface area contributed by atoms with Crippen LogP contribution in [0.3, 0.4) is 0 Å². The van der Waals surface area contributed by atoms with E-state index in [2.05, 4.69) is 13.8 Å². The summed E-state index contributed by atoms with van der Waals surface area (Å²) < 4.78 is 0. The van der Waals surface area contributed by atoms with Crippen molar-refractivity contribution in [3.05, 3.63) is 0 Å². The Labute approximate surface area is 154 Å². The van der Waals surface area contributed by atoms with Crippen LogP contribution in [0.2, 0.25) is 0 Å². The fourth-order valence-electron chi connectivity index (χ4n) is 9.35. The monoisotopic (exact) mass is 342 g/mol. The number of fused-ring (bicyclic) bond motifs is 7. The first kappa shape index (κ1) is 16.8. The normalized spacial score (nSPS) is 56.4. The van der Waals surface area contributed by atoms with Gasteiger partial charge in [-0.05, 0) is 105 Å². The molecule has 0 saturated heterocycles. The van der Waals surface area contributed by atoms with Gasteiger partial charge in [0.05, 0.1) is 0 Å². The summed E-state index contributed by atoms with van der Waals surface area (Å²) in [5, 5.41) is 0. The van der Waals surface area contributed by atoms with Crippen molar-refractivity contribution in [2.45, 2.75) is 85.0 Å². The molecule has 25 heavy (non-hydrogen) atoms. The van der Waals surface area contributed by atoms with Gasteiger partial charge in [-0.15, -0.1) is 0 Å². The third-order valence-electron chi connectivity index (χ3n) is 9.99. The van der Waals surface area contributed by atoms with Crippen LogP contribution in [0.4, 0.5) is 0 Å². The summed E-state index contributed by atoms with van der Waals surface area (Å²) in [5.74, 6) is 8.68. The zero-order valence-electron chi connectivity index (χ0n) is 16.7. The molecule has 5 rings (SSSR count). The van der Waals surface area contributed by atoms with Crippen molar-refractivity contribution in [2.75, 3.05) is 0 Å². The number of ketones is 1. The minimum absolute atomic E-state index is 0.368. The van der Waals surface area contributed by atoms with Gasteiger partial charge in [0.2, 0.25) is 0 Å². The van der Waals surface area contributed by atoms with Crippen LogP contribution in [-0.2, 0) is 4.79 Å². The summed E-state index contributed by atoms with van der Waals surface area (Å²) in [6, 6.07) is 0. The average molecular weight is 343 g/mol. The second-order valence-electron chi connectivity index (χ2n) is 11.0. The first-order valence-corrected chi connectivity index (χ1v) is 11.5. The van der Waals surface area contributed by atoms with Gasteiger partial charge in [-0.25, -0.2) is 0 Å². The van der Waals surface area contributed by atoms with Crippen molar-refractivity contribution in [1.29, 1.82) is 0 Å². The van der Waals surface area contributed by atoms with E-state index in [1.165, 1.54) is 57.8 Å². The Kier molecular flexibility index (Phi) is 3.92. The molecule has 5 saturated carbocycles. The second-order valence-corrected chi connectivity index (χ2v) is 11.0. The quantitative estimate of drug-likeness (QED) is 0.604. The van der Waals surface area contributed by atoms with Crippen molar-refractivity contribution < 1.29 is 4.79 Å². The highest BCUT2D eigenvalue weighted by atomic mass is 16.1. The molecular formula is C24H38O. The Bertz CT molecular complexity index is 552. The van der Waals surface area contributed by atoms with Crippen LogP contribution in [-0.4, -0.2) is 5.78 Å². The zero-order valence-corrected chi connectivity index (χ0v) is 16.7. The molecular weight excluding hydrogens is 304 g/mol. The van der Waals surface area contributed by atoms with Gasteiger partial charge in [0.25, 0.3) is 0 Å². The van der Waals surface area contributed by atoms with E-state index >= 15 is 0 Å². The molecule has 5 aliphatic carbocycles. The summed E-state index contributed by atoms with van der Waals surface area (Å²) in [4.78, 5) is 12.4. The lowest BCUT2D eigenvalue weighted by Crippen LogP contribution is -2.50. The summed E-state index contributed by atoms with van der Waals surface area (Å²) in [6.07, 6.45) is 14.7. The van der Waals surface area contributed by atoms with Crippen molar-refractivity contribution >= 4 is 5.78 Å². The third-order valence-corrected chi connectivity index (χ3v) is 9.99. The number of carbonyl (C=O) groups excluding carboxylic acids is 1. The van der Waals surface area contributed by atoms with Gasteiger partial charge in [0.15, 0.2) is 0 Å². The number of hydrogen-bond donors (Lipinski definition) is 0. The predicted molar refractivity (Wildman–Crippen MR) is 102 cm³/mol. The highest BCUT2D eigenvalue weighted by Crippen LogP contribution is 2.74. The Balaban J connectivity index is 1.37. The summed E-state index contributed by atoms with van der Waals surface area (Å²) >= 11 is 0. The maximum atomic E-state index is 12.4. The molecule has 0 aromatic heterocycles. The summed E-state index contributed by atoms with van der Waals surface area (Å²) in [6.45, 7) is 6.78. The molecule has 140 valence electrons. The van der Waals surface area contributed by atoms with E-state index in [9.17, 15) is 4.79 Å². The number of Topliss-reactive ketones (excluding diaryl/α,β-unsaturated/α-hetero) is 1. The van der Waals surface area contributed by atoms with Crippen LogP contribution in [0, 0.1) is 58.7 Å². The van der Waals surface area contributed by atoms with Crippen molar-refractivity contribution in [2.24, 2.45) is 58.7 Å². The molecule has 0 aromatic carbocycles. The van der Waals surface area contributed by atoms with E-state index in [1.54, 1.807) is 6.42 Å². The van der Waals surface area contributed by atoms with Crippen LogP contribution in [0.15, 0.2) is 0 Å². The van der Waals surface area contributed by atoms with Crippen molar-refractivity contribution in [1.82, 2.24) is 0 Å². The van der Waals surface area contributed by atoms with Gasteiger partial charge in [-0.3, -0.25) is 4.79 Å². The molecule has 10 unspecified atom stereocenters. The van der Waals surface area contributed by atoms with Crippen LogP contribution < -0.4 is 0 Å². The summed E-state index contributed by atoms with van der Waals surface area (Å²) in [7, 11) is 0. The van der Waals surface area contributed by atoms with E-state index < -0.39 is 0 Å². The minimum atomic E-state index is 0.368. The van der Waals surface area contributed by atoms with E-state index in [1.807, 2.05) is 6.92 Å². The highest BCUT2D eigenvalue weighted by Gasteiger charge is 2.70. The van der Waals surface area contributed by atoms with Crippen molar-refractivity contribution in [3.63, 3.8) is 0 Å². The number of rotatable bonds is 3. The second kappa shape index (κ2) is 5.83. The van der Waals surface area contributed by atoms with Crippen LogP contribution in [0.25, 0.3) is 0 Å². The van der Waals surface area contributed by atoms with Crippen LogP contribution in [0.5, 0.6) is 0 Å². The standard InChI is InChI=1S/C24H38O/c1-4-5-15-6-8-17-16(12-15)7-9-19-18(17)10-11-24(3)22(14(2)25)20-13-21(20)23(19)24/h15-23H,4-13H2,1-3H3. The molecule has 0 bridgehead atoms. The van der Waals surface area contributed by atoms with Gasteiger partial charge in [-0.1, -0.05) is 33.1 Å². The summed E-state index contributed by atoms with van der Waals surface area (Å²) in [5.41, 5.74) is 0.368. The molecule has 0 aromatic rings. The lowest BCUT2D eigenvalue weighted by Gasteiger charge is -2.57. The number of hydrogen-bond acceptors (Lipinski definition) is 1. The Morgan fingerprint density at radius 1 is 0.920 bits per heavy atom. The molecule has 10 atom stereocenters. The maximum absolute atomic E-state index is 12.4. The molecule has 1 nitrogen and oxygen atoms in total. The van der Waals surface area contributed by atoms with Gasteiger partial charge >= 0.3 is 0 Å². The van der Waals surface area contributed by atoms with Gasteiger partial charge in [-0.2, -0.15) is 0 Å². The van der Waals surface area contributed by atoms with E-state index in [0.29, 0.717) is 17.1 Å². The Morgan fingerprint density at radius 2 is 1.72 bits per heavy atom. The number of carbonyl (C=O) groups is 1. The molecule has 5 aliphatic rings. The molecule has 0 heterocycles. The Morgan fingerprint density at radius 3 is 2.48 bits per heavy atom. The van der Waals surface area contributed by atoms with E-state index in [4.69, 9.17) is 0 Å². The first-order valence-electron chi connectivity index (χ1n) is 11.5.